The Balaban J connectivity index is 1.39. The number of para-hydroxylation sites is 1. The van der Waals surface area contributed by atoms with E-state index in [9.17, 15) is 4.79 Å². The molecule has 0 aliphatic carbocycles. The highest BCUT2D eigenvalue weighted by molar-refractivity contribution is 6.06. The summed E-state index contributed by atoms with van der Waals surface area (Å²) >= 11 is 0. The molecule has 1 saturated heterocycles. The number of rotatable bonds is 7. The second kappa shape index (κ2) is 9.96. The van der Waals surface area contributed by atoms with Crippen molar-refractivity contribution in [3.63, 3.8) is 0 Å². The smallest absolute Gasteiger partial charge is 0.256 e. The van der Waals surface area contributed by atoms with Gasteiger partial charge in [0.25, 0.3) is 5.88 Å². The molecule has 0 spiro atoms. The predicted octanol–water partition coefficient (Wildman–Crippen LogP) is 2.60. The molecule has 0 radical (unpaired) electrons. The Labute approximate surface area is 209 Å². The van der Waals surface area contributed by atoms with E-state index in [4.69, 9.17) is 9.72 Å². The minimum Gasteiger partial charge on any atom is -0.478 e. The number of amides is 1. The number of ether oxygens (including phenoxy) is 1. The number of hydrogen-bond donors (Lipinski definition) is 3. The number of carbonyl (C=O) groups is 1. The second-order valence-corrected chi connectivity index (χ2v) is 9.13. The van der Waals surface area contributed by atoms with Crippen LogP contribution in [0.3, 0.4) is 0 Å². The lowest BCUT2D eigenvalue weighted by Gasteiger charge is -2.31. The minimum atomic E-state index is -0.0154. The van der Waals surface area contributed by atoms with Crippen molar-refractivity contribution >= 4 is 34.1 Å². The zero-order valence-corrected chi connectivity index (χ0v) is 21.0. The molecule has 1 aliphatic rings. The van der Waals surface area contributed by atoms with Crippen molar-refractivity contribution in [1.82, 2.24) is 34.5 Å². The fourth-order valence-electron chi connectivity index (χ4n) is 4.45. The molecule has 5 rings (SSSR count). The summed E-state index contributed by atoms with van der Waals surface area (Å²) in [4.78, 5) is 29.8. The van der Waals surface area contributed by atoms with Crippen LogP contribution in [0.4, 0.5) is 17.3 Å². The number of anilines is 3. The first-order chi connectivity index (χ1) is 17.4. The van der Waals surface area contributed by atoms with Crippen molar-refractivity contribution in [3.8, 4) is 17.1 Å². The van der Waals surface area contributed by atoms with Gasteiger partial charge in [0.05, 0.1) is 36.7 Å². The normalized spacial score (nSPS) is 14.8. The highest BCUT2D eigenvalue weighted by Gasteiger charge is 2.19. The molecule has 1 aromatic carbocycles. The Hall–Kier alpha value is -3.96. The summed E-state index contributed by atoms with van der Waals surface area (Å²) in [6, 6.07) is 5.89. The van der Waals surface area contributed by atoms with E-state index in [1.54, 1.807) is 18.0 Å². The lowest BCUT2D eigenvalue weighted by molar-refractivity contribution is -0.117. The van der Waals surface area contributed by atoms with Gasteiger partial charge in [0.1, 0.15) is 5.69 Å². The Kier molecular flexibility index (Phi) is 6.57. The number of likely N-dealkylation sites (N-methyl/N-ethyl adjacent to an activating group) is 1. The molecule has 36 heavy (non-hydrogen) atoms. The van der Waals surface area contributed by atoms with Gasteiger partial charge in [-0.15, -0.1) is 5.10 Å². The predicted molar refractivity (Wildman–Crippen MR) is 140 cm³/mol. The quantitative estimate of drug-likeness (QED) is 0.363. The van der Waals surface area contributed by atoms with Gasteiger partial charge in [-0.3, -0.25) is 14.4 Å². The number of hydrogen-bond acceptors (Lipinski definition) is 8. The lowest BCUT2D eigenvalue weighted by Crippen LogP contribution is -2.47. The Bertz CT molecular complexity index is 1390. The van der Waals surface area contributed by atoms with E-state index >= 15 is 0 Å². The first-order valence-electron chi connectivity index (χ1n) is 11.9. The fraction of sp³-hybridized carbons (Fsp3) is 0.360. The molecule has 1 fully saturated rings. The van der Waals surface area contributed by atoms with Crippen LogP contribution in [-0.4, -0.2) is 87.3 Å². The van der Waals surface area contributed by atoms with E-state index < -0.39 is 0 Å². The average molecular weight is 490 g/mol. The van der Waals surface area contributed by atoms with Crippen molar-refractivity contribution in [2.24, 2.45) is 7.05 Å². The summed E-state index contributed by atoms with van der Waals surface area (Å²) in [7, 11) is 5.50. The molecule has 1 aliphatic heterocycles. The standard InChI is InChI=1S/C25H31N9O2/c1-16-12-27-25(29-20-14-33(3)31-24(20)36-4)30-22(16)18-13-26-23-17(18)6-5-7-19(23)28-21(35)15-34-10-8-32(2)9-11-34/h5-7,12-14,26H,8-11,15H2,1-4H3,(H,28,35)(H,27,29,30). The molecule has 0 bridgehead atoms. The molecule has 4 heterocycles. The number of aromatic nitrogens is 5. The number of aromatic amines is 1. The van der Waals surface area contributed by atoms with Gasteiger partial charge < -0.3 is 25.3 Å². The van der Waals surface area contributed by atoms with E-state index in [1.807, 2.05) is 44.6 Å². The number of nitrogens with zero attached hydrogens (tertiary/aromatic N) is 6. The molecule has 3 N–H and O–H groups in total. The van der Waals surface area contributed by atoms with Crippen molar-refractivity contribution in [1.29, 1.82) is 0 Å². The van der Waals surface area contributed by atoms with E-state index in [-0.39, 0.29) is 5.91 Å². The number of H-pyrrole nitrogens is 1. The maximum Gasteiger partial charge on any atom is 0.256 e. The van der Waals surface area contributed by atoms with Crippen LogP contribution < -0.4 is 15.4 Å². The van der Waals surface area contributed by atoms with Gasteiger partial charge in [0.2, 0.25) is 11.9 Å². The summed E-state index contributed by atoms with van der Waals surface area (Å²) in [5.41, 5.74) is 4.95. The molecule has 188 valence electrons. The molecule has 0 unspecified atom stereocenters. The highest BCUT2D eigenvalue weighted by Crippen LogP contribution is 2.34. The topological polar surface area (TPSA) is 116 Å². The molecule has 4 aromatic rings. The molecule has 3 aromatic heterocycles. The fourth-order valence-corrected chi connectivity index (χ4v) is 4.45. The average Bonchev–Trinajstić information content (AvgIpc) is 3.45. The van der Waals surface area contributed by atoms with Crippen LogP contribution in [0, 0.1) is 6.92 Å². The van der Waals surface area contributed by atoms with Crippen LogP contribution in [0.1, 0.15) is 5.56 Å². The first kappa shape index (κ1) is 23.8. The summed E-state index contributed by atoms with van der Waals surface area (Å²) in [6.45, 7) is 6.11. The van der Waals surface area contributed by atoms with Crippen LogP contribution in [0.25, 0.3) is 22.2 Å². The molecule has 0 saturated carbocycles. The first-order valence-corrected chi connectivity index (χ1v) is 11.9. The van der Waals surface area contributed by atoms with Crippen LogP contribution in [0.2, 0.25) is 0 Å². The largest absolute Gasteiger partial charge is 0.478 e. The Morgan fingerprint density at radius 1 is 1.17 bits per heavy atom. The Morgan fingerprint density at radius 2 is 1.97 bits per heavy atom. The zero-order chi connectivity index (χ0) is 25.2. The summed E-state index contributed by atoms with van der Waals surface area (Å²) in [5.74, 6) is 0.887. The van der Waals surface area contributed by atoms with Gasteiger partial charge in [-0.1, -0.05) is 12.1 Å². The Morgan fingerprint density at radius 3 is 2.75 bits per heavy atom. The van der Waals surface area contributed by atoms with Crippen molar-refractivity contribution in [2.75, 3.05) is 57.5 Å². The van der Waals surface area contributed by atoms with Gasteiger partial charge in [-0.25, -0.2) is 9.97 Å². The highest BCUT2D eigenvalue weighted by atomic mass is 16.5. The molecular formula is C25H31N9O2. The minimum absolute atomic E-state index is 0.0154. The third-order valence-electron chi connectivity index (χ3n) is 6.41. The molecular weight excluding hydrogens is 458 g/mol. The van der Waals surface area contributed by atoms with Crippen LogP contribution in [-0.2, 0) is 11.8 Å². The summed E-state index contributed by atoms with van der Waals surface area (Å²) in [5, 5.41) is 11.5. The molecule has 11 nitrogen and oxygen atoms in total. The monoisotopic (exact) mass is 489 g/mol. The van der Waals surface area contributed by atoms with Gasteiger partial charge in [-0.05, 0) is 25.6 Å². The van der Waals surface area contributed by atoms with E-state index in [0.717, 1.165) is 59.6 Å². The molecule has 0 atom stereocenters. The van der Waals surface area contributed by atoms with Crippen LogP contribution in [0.5, 0.6) is 5.88 Å². The molecule has 11 heteroatoms. The van der Waals surface area contributed by atoms with Crippen molar-refractivity contribution in [2.45, 2.75) is 6.92 Å². The zero-order valence-electron chi connectivity index (χ0n) is 21.0. The van der Waals surface area contributed by atoms with Crippen LogP contribution >= 0.6 is 0 Å². The van der Waals surface area contributed by atoms with E-state index in [2.05, 4.69) is 42.5 Å². The molecule has 1 amide bonds. The van der Waals surface area contributed by atoms with Gasteiger partial charge >= 0.3 is 0 Å². The lowest BCUT2D eigenvalue weighted by atomic mass is 10.1. The van der Waals surface area contributed by atoms with E-state index in [0.29, 0.717) is 24.1 Å². The third kappa shape index (κ3) is 4.88. The second-order valence-electron chi connectivity index (χ2n) is 9.13. The SMILES string of the molecule is COc1nn(C)cc1Nc1ncc(C)c(-c2c[nH]c3c(NC(=O)CN4CCN(C)CC4)cccc23)n1. The van der Waals surface area contributed by atoms with Gasteiger partial charge in [-0.2, -0.15) is 0 Å². The summed E-state index contributed by atoms with van der Waals surface area (Å²) in [6.07, 6.45) is 5.52. The van der Waals surface area contributed by atoms with Gasteiger partial charge in [0.15, 0.2) is 0 Å². The van der Waals surface area contributed by atoms with Crippen molar-refractivity contribution in [3.05, 3.63) is 42.4 Å². The number of benzene rings is 1. The third-order valence-corrected chi connectivity index (χ3v) is 6.41. The maximum atomic E-state index is 12.8. The van der Waals surface area contributed by atoms with Crippen molar-refractivity contribution < 1.29 is 9.53 Å². The van der Waals surface area contributed by atoms with E-state index in [1.165, 1.54) is 0 Å². The summed E-state index contributed by atoms with van der Waals surface area (Å²) < 4.78 is 6.99. The number of methoxy groups -OCH3 is 1. The number of fused-ring (bicyclic) bond motifs is 1. The number of aryl methyl sites for hydroxylation is 2. The number of piperazine rings is 1. The maximum absolute atomic E-state index is 12.8. The number of nitrogens with one attached hydrogen (secondary N) is 3. The van der Waals surface area contributed by atoms with Crippen LogP contribution in [0.15, 0.2) is 36.8 Å². The number of carbonyl (C=O) groups excluding carboxylic acids is 1. The van der Waals surface area contributed by atoms with Gasteiger partial charge in [0, 0.05) is 56.6 Å².